The van der Waals surface area contributed by atoms with E-state index < -0.39 is 30.1 Å². The first-order valence-electron chi connectivity index (χ1n) is 9.29. The van der Waals surface area contributed by atoms with Crippen LogP contribution in [0.4, 0.5) is 13.2 Å². The predicted molar refractivity (Wildman–Crippen MR) is 93.8 cm³/mol. The Bertz CT molecular complexity index is 739. The van der Waals surface area contributed by atoms with Gasteiger partial charge in [0.05, 0.1) is 0 Å². The number of likely N-dealkylation sites (tertiary alicyclic amines) is 2. The maximum atomic E-state index is 12.9. The zero-order chi connectivity index (χ0) is 20.3. The molecular formula is C19H22F3N3O3. The van der Waals surface area contributed by atoms with Gasteiger partial charge >= 0.3 is 12.1 Å². The van der Waals surface area contributed by atoms with Crippen molar-refractivity contribution in [3.63, 3.8) is 0 Å². The third-order valence-electron chi connectivity index (χ3n) is 5.19. The topological polar surface area (TPSA) is 69.7 Å². The molecule has 2 atom stereocenters. The van der Waals surface area contributed by atoms with Gasteiger partial charge in [0.2, 0.25) is 11.8 Å². The quantitative estimate of drug-likeness (QED) is 0.843. The number of alkyl halides is 3. The van der Waals surface area contributed by atoms with E-state index in [9.17, 15) is 27.6 Å². The van der Waals surface area contributed by atoms with Gasteiger partial charge in [-0.1, -0.05) is 30.3 Å². The van der Waals surface area contributed by atoms with E-state index in [0.29, 0.717) is 37.3 Å². The molecule has 1 aromatic carbocycles. The second-order valence-corrected chi connectivity index (χ2v) is 7.05. The molecule has 0 aromatic heterocycles. The van der Waals surface area contributed by atoms with E-state index in [0.717, 1.165) is 5.56 Å². The fourth-order valence-corrected chi connectivity index (χ4v) is 3.83. The van der Waals surface area contributed by atoms with Crippen LogP contribution in [0.25, 0.3) is 0 Å². The lowest BCUT2D eigenvalue weighted by Crippen LogP contribution is -2.54. The molecule has 152 valence electrons. The average molecular weight is 397 g/mol. The first-order valence-corrected chi connectivity index (χ1v) is 9.29. The van der Waals surface area contributed by atoms with Gasteiger partial charge in [0.15, 0.2) is 0 Å². The van der Waals surface area contributed by atoms with Crippen LogP contribution >= 0.6 is 0 Å². The molecule has 0 aliphatic carbocycles. The lowest BCUT2D eigenvalue weighted by atomic mass is 10.1. The van der Waals surface area contributed by atoms with E-state index in [1.807, 2.05) is 30.3 Å². The Morgan fingerprint density at radius 1 is 0.964 bits per heavy atom. The molecule has 2 aliphatic heterocycles. The molecule has 1 unspecified atom stereocenters. The summed E-state index contributed by atoms with van der Waals surface area (Å²) < 4.78 is 38.4. The minimum Gasteiger partial charge on any atom is -0.350 e. The van der Waals surface area contributed by atoms with Gasteiger partial charge in [-0.25, -0.2) is 0 Å². The minimum absolute atomic E-state index is 0.104. The van der Waals surface area contributed by atoms with Gasteiger partial charge in [-0.15, -0.1) is 0 Å². The van der Waals surface area contributed by atoms with Gasteiger partial charge < -0.3 is 15.1 Å². The first kappa shape index (κ1) is 20.2. The van der Waals surface area contributed by atoms with E-state index >= 15 is 0 Å². The predicted octanol–water partition coefficient (Wildman–Crippen LogP) is 1.85. The molecule has 3 amide bonds. The molecule has 0 spiro atoms. The Hall–Kier alpha value is -2.58. The van der Waals surface area contributed by atoms with Crippen molar-refractivity contribution < 1.29 is 27.6 Å². The molecule has 1 N–H and O–H groups in total. The zero-order valence-electron chi connectivity index (χ0n) is 15.2. The van der Waals surface area contributed by atoms with Crippen molar-refractivity contribution in [3.8, 4) is 0 Å². The van der Waals surface area contributed by atoms with Crippen LogP contribution in [-0.2, 0) is 20.9 Å². The molecule has 0 bridgehead atoms. The van der Waals surface area contributed by atoms with Crippen LogP contribution in [-0.4, -0.2) is 58.9 Å². The van der Waals surface area contributed by atoms with Crippen molar-refractivity contribution in [3.05, 3.63) is 35.9 Å². The van der Waals surface area contributed by atoms with Crippen LogP contribution in [0, 0.1) is 0 Å². The summed E-state index contributed by atoms with van der Waals surface area (Å²) in [5.74, 6) is -2.90. The van der Waals surface area contributed by atoms with E-state index in [1.54, 1.807) is 0 Å². The summed E-state index contributed by atoms with van der Waals surface area (Å²) >= 11 is 0. The molecule has 2 fully saturated rings. The number of benzene rings is 1. The number of rotatable bonds is 4. The first-order chi connectivity index (χ1) is 13.3. The summed E-state index contributed by atoms with van der Waals surface area (Å²) in [5.41, 5.74) is 0.907. The van der Waals surface area contributed by atoms with Crippen LogP contribution in [0.15, 0.2) is 30.3 Å². The summed E-state index contributed by atoms with van der Waals surface area (Å²) in [5, 5.41) is 2.78. The van der Waals surface area contributed by atoms with Gasteiger partial charge in [-0.05, 0) is 31.2 Å². The molecule has 2 saturated heterocycles. The number of hydrogen-bond acceptors (Lipinski definition) is 3. The molecule has 28 heavy (non-hydrogen) atoms. The number of amides is 3. The van der Waals surface area contributed by atoms with Crippen molar-refractivity contribution in [1.29, 1.82) is 0 Å². The number of hydrogen-bond donors (Lipinski definition) is 1. The number of halogens is 3. The van der Waals surface area contributed by atoms with Crippen LogP contribution in [0.2, 0.25) is 0 Å². The largest absolute Gasteiger partial charge is 0.471 e. The average Bonchev–Trinajstić information content (AvgIpc) is 3.34. The maximum absolute atomic E-state index is 12.9. The Morgan fingerprint density at radius 3 is 2.21 bits per heavy atom. The van der Waals surface area contributed by atoms with Gasteiger partial charge in [0.25, 0.3) is 0 Å². The molecule has 9 heteroatoms. The summed E-state index contributed by atoms with van der Waals surface area (Å²) in [6, 6.07) is 7.39. The van der Waals surface area contributed by atoms with Crippen LogP contribution in [0.3, 0.4) is 0 Å². The molecule has 0 saturated carbocycles. The highest BCUT2D eigenvalue weighted by atomic mass is 19.4. The number of nitrogens with zero attached hydrogens (tertiary/aromatic N) is 2. The van der Waals surface area contributed by atoms with E-state index in [2.05, 4.69) is 5.32 Å². The van der Waals surface area contributed by atoms with Crippen molar-refractivity contribution in [2.24, 2.45) is 0 Å². The Kier molecular flexibility index (Phi) is 5.90. The fourth-order valence-electron chi connectivity index (χ4n) is 3.83. The zero-order valence-corrected chi connectivity index (χ0v) is 15.2. The Morgan fingerprint density at radius 2 is 1.57 bits per heavy atom. The van der Waals surface area contributed by atoms with Crippen molar-refractivity contribution in [2.75, 3.05) is 13.1 Å². The summed E-state index contributed by atoms with van der Waals surface area (Å²) in [7, 11) is 0. The maximum Gasteiger partial charge on any atom is 0.471 e. The Balaban J connectivity index is 1.65. The molecule has 0 radical (unpaired) electrons. The molecule has 3 rings (SSSR count). The van der Waals surface area contributed by atoms with E-state index in [4.69, 9.17) is 0 Å². The second-order valence-electron chi connectivity index (χ2n) is 7.05. The summed E-state index contributed by atoms with van der Waals surface area (Å²) in [6.45, 7) is 0.501. The van der Waals surface area contributed by atoms with Gasteiger partial charge in [-0.2, -0.15) is 13.2 Å². The number of carbonyl (C=O) groups is 3. The third kappa shape index (κ3) is 4.28. The molecule has 2 aliphatic rings. The van der Waals surface area contributed by atoms with Crippen LogP contribution < -0.4 is 5.32 Å². The third-order valence-corrected chi connectivity index (χ3v) is 5.19. The van der Waals surface area contributed by atoms with Crippen molar-refractivity contribution in [2.45, 2.75) is 50.5 Å². The standard InChI is InChI=1S/C19H22F3N3O3/c20-19(21,22)18(28)25-11-5-9-15(25)17(27)24-10-4-8-14(24)16(26)23-12-13-6-2-1-3-7-13/h1-3,6-7,14-15H,4-5,8-12H2,(H,23,26)/t14-,15?/m1/s1. The SMILES string of the molecule is O=C(NCc1ccccc1)[C@H]1CCCN1C(=O)C1CCCN1C(=O)C(F)(F)F. The number of carbonyl (C=O) groups excluding carboxylic acids is 3. The monoisotopic (exact) mass is 397 g/mol. The van der Waals surface area contributed by atoms with Gasteiger partial charge in [0, 0.05) is 19.6 Å². The van der Waals surface area contributed by atoms with Crippen LogP contribution in [0.1, 0.15) is 31.2 Å². The Labute approximate surface area is 160 Å². The van der Waals surface area contributed by atoms with Crippen molar-refractivity contribution in [1.82, 2.24) is 15.1 Å². The van der Waals surface area contributed by atoms with E-state index in [1.165, 1.54) is 4.90 Å². The summed E-state index contributed by atoms with van der Waals surface area (Å²) in [6.07, 6.45) is -3.46. The highest BCUT2D eigenvalue weighted by Gasteiger charge is 2.49. The molecule has 6 nitrogen and oxygen atoms in total. The smallest absolute Gasteiger partial charge is 0.350 e. The lowest BCUT2D eigenvalue weighted by Gasteiger charge is -2.31. The van der Waals surface area contributed by atoms with Gasteiger partial charge in [0.1, 0.15) is 12.1 Å². The van der Waals surface area contributed by atoms with Crippen molar-refractivity contribution >= 4 is 17.7 Å². The second kappa shape index (κ2) is 8.20. The fraction of sp³-hybridized carbons (Fsp3) is 0.526. The highest BCUT2D eigenvalue weighted by Crippen LogP contribution is 2.29. The summed E-state index contributed by atoms with van der Waals surface area (Å²) in [4.78, 5) is 39.0. The lowest BCUT2D eigenvalue weighted by molar-refractivity contribution is -0.187. The normalized spacial score (nSPS) is 22.4. The molecule has 2 heterocycles. The highest BCUT2D eigenvalue weighted by molar-refractivity contribution is 5.93. The minimum atomic E-state index is -5.01. The number of nitrogens with one attached hydrogen (secondary N) is 1. The van der Waals surface area contributed by atoms with Crippen LogP contribution in [0.5, 0.6) is 0 Å². The van der Waals surface area contributed by atoms with E-state index in [-0.39, 0.29) is 18.9 Å². The van der Waals surface area contributed by atoms with Gasteiger partial charge in [-0.3, -0.25) is 14.4 Å². The molecular weight excluding hydrogens is 375 g/mol. The molecule has 1 aromatic rings.